The number of likely N-dealkylation sites (tertiary alicyclic amines) is 1. The maximum Gasteiger partial charge on any atom is 0.303 e. The number of nitrogens with one attached hydrogen (secondary N) is 1. The van der Waals surface area contributed by atoms with Crippen molar-refractivity contribution in [3.8, 4) is 5.75 Å². The molecule has 3 N–H and O–H groups in total. The number of ether oxygens (including phenoxy) is 3. The highest BCUT2D eigenvalue weighted by molar-refractivity contribution is 6.33. The number of anilines is 1. The number of hydrogen-bond donors (Lipinski definition) is 2. The molecule has 2 fully saturated rings. The molecule has 3 aliphatic rings. The summed E-state index contributed by atoms with van der Waals surface area (Å²) < 4.78 is 16.3. The fourth-order valence-electron chi connectivity index (χ4n) is 4.89. The first-order valence-corrected chi connectivity index (χ1v) is 12.5. The number of benzene rings is 1. The number of halogens is 1. The van der Waals surface area contributed by atoms with Crippen LogP contribution in [-0.2, 0) is 25.5 Å². The molecule has 1 aromatic rings. The molecular formula is C24H33ClN4O6. The van der Waals surface area contributed by atoms with E-state index in [1.165, 1.54) is 6.92 Å². The summed E-state index contributed by atoms with van der Waals surface area (Å²) >= 11 is 6.22. The Morgan fingerprint density at radius 1 is 1.23 bits per heavy atom. The molecule has 1 atom stereocenters. The number of rotatable bonds is 7. The van der Waals surface area contributed by atoms with E-state index in [9.17, 15) is 14.4 Å². The van der Waals surface area contributed by atoms with Gasteiger partial charge in [0.05, 0.1) is 35.6 Å². The molecule has 1 aromatic carbocycles. The van der Waals surface area contributed by atoms with Crippen molar-refractivity contribution in [3.05, 3.63) is 22.2 Å². The summed E-state index contributed by atoms with van der Waals surface area (Å²) in [4.78, 5) is 40.0. The fraction of sp³-hybridized carbons (Fsp3) is 0.625. The Morgan fingerprint density at radius 3 is 2.74 bits per heavy atom. The number of esters is 1. The maximum atomic E-state index is 12.9. The zero-order valence-electron chi connectivity index (χ0n) is 20.0. The molecule has 11 heteroatoms. The highest BCUT2D eigenvalue weighted by atomic mass is 35.5. The van der Waals surface area contributed by atoms with Crippen molar-refractivity contribution in [1.29, 1.82) is 0 Å². The lowest BCUT2D eigenvalue weighted by Crippen LogP contribution is -2.50. The number of fused-ring (bicyclic) bond motifs is 1. The first-order valence-electron chi connectivity index (χ1n) is 12.1. The lowest BCUT2D eigenvalue weighted by atomic mass is 9.95. The molecule has 3 heterocycles. The molecule has 4 rings (SSSR count). The molecule has 1 unspecified atom stereocenters. The van der Waals surface area contributed by atoms with Crippen LogP contribution in [0, 0.1) is 5.92 Å². The van der Waals surface area contributed by atoms with Gasteiger partial charge in [-0.1, -0.05) is 11.6 Å². The van der Waals surface area contributed by atoms with Crippen LogP contribution in [0.25, 0.3) is 0 Å². The number of carbonyl (C=O) groups excluding carboxylic acids is 3. The van der Waals surface area contributed by atoms with Gasteiger partial charge < -0.3 is 30.2 Å². The zero-order valence-corrected chi connectivity index (χ0v) is 20.8. The lowest BCUT2D eigenvalue weighted by Gasteiger charge is -2.38. The Hall–Kier alpha value is -2.56. The highest BCUT2D eigenvalue weighted by Gasteiger charge is 2.29. The van der Waals surface area contributed by atoms with Crippen LogP contribution in [0.15, 0.2) is 6.07 Å². The summed E-state index contributed by atoms with van der Waals surface area (Å²) in [7, 11) is 0. The van der Waals surface area contributed by atoms with Crippen molar-refractivity contribution in [3.63, 3.8) is 0 Å². The number of morpholine rings is 1. The standard InChI is InChI=1S/C24H33ClN4O6/c1-15(30)35-14-21(31)29-5-2-16(3-6-29)12-28-7-9-33-17(13-28)11-27-24(32)19-10-20(25)22(26)18-4-8-34-23(18)19/h10,16-17H,2-9,11-14,26H2,1H3,(H,27,32). The molecule has 10 nitrogen and oxygen atoms in total. The molecule has 0 bridgehead atoms. The monoisotopic (exact) mass is 508 g/mol. The van der Waals surface area contributed by atoms with Crippen molar-refractivity contribution in [2.75, 3.05) is 64.8 Å². The molecule has 0 radical (unpaired) electrons. The Labute approximate surface area is 210 Å². The van der Waals surface area contributed by atoms with Crippen molar-refractivity contribution in [2.45, 2.75) is 32.3 Å². The second-order valence-corrected chi connectivity index (χ2v) is 9.70. The summed E-state index contributed by atoms with van der Waals surface area (Å²) in [5.74, 6) is 0.169. The first-order chi connectivity index (χ1) is 16.8. The van der Waals surface area contributed by atoms with Crippen molar-refractivity contribution >= 4 is 35.1 Å². The number of amides is 2. The molecule has 2 saturated heterocycles. The van der Waals surface area contributed by atoms with Crippen LogP contribution in [0.4, 0.5) is 5.69 Å². The van der Waals surface area contributed by atoms with Crippen LogP contribution in [0.1, 0.15) is 35.7 Å². The van der Waals surface area contributed by atoms with Crippen LogP contribution in [0.2, 0.25) is 5.02 Å². The largest absolute Gasteiger partial charge is 0.492 e. The highest BCUT2D eigenvalue weighted by Crippen LogP contribution is 2.38. The first kappa shape index (κ1) is 25.5. The quantitative estimate of drug-likeness (QED) is 0.414. The van der Waals surface area contributed by atoms with Gasteiger partial charge in [0.15, 0.2) is 6.61 Å². The van der Waals surface area contributed by atoms with Gasteiger partial charge in [0, 0.05) is 58.2 Å². The average molecular weight is 509 g/mol. The molecule has 0 aliphatic carbocycles. The number of nitrogens with two attached hydrogens (primary N) is 1. The van der Waals surface area contributed by atoms with E-state index >= 15 is 0 Å². The third-order valence-corrected chi connectivity index (χ3v) is 7.12. The molecule has 3 aliphatic heterocycles. The third-order valence-electron chi connectivity index (χ3n) is 6.81. The Balaban J connectivity index is 1.22. The van der Waals surface area contributed by atoms with Crippen LogP contribution in [0.5, 0.6) is 5.75 Å². The Morgan fingerprint density at radius 2 is 2.00 bits per heavy atom. The van der Waals surface area contributed by atoms with Crippen molar-refractivity contribution < 1.29 is 28.6 Å². The molecule has 2 amide bonds. The van der Waals surface area contributed by atoms with E-state index in [-0.39, 0.29) is 24.5 Å². The van der Waals surface area contributed by atoms with Gasteiger partial charge in [-0.25, -0.2) is 0 Å². The minimum Gasteiger partial charge on any atom is -0.492 e. The van der Waals surface area contributed by atoms with Gasteiger partial charge in [0.25, 0.3) is 11.8 Å². The Kier molecular flexibility index (Phi) is 8.35. The van der Waals surface area contributed by atoms with Crippen LogP contribution in [-0.4, -0.2) is 92.8 Å². The third kappa shape index (κ3) is 6.36. The zero-order chi connectivity index (χ0) is 24.9. The lowest BCUT2D eigenvalue weighted by molar-refractivity contribution is -0.150. The van der Waals surface area contributed by atoms with Gasteiger partial charge in [0.2, 0.25) is 0 Å². The van der Waals surface area contributed by atoms with Gasteiger partial charge >= 0.3 is 5.97 Å². The fourth-order valence-corrected chi connectivity index (χ4v) is 5.12. The minimum atomic E-state index is -0.444. The topological polar surface area (TPSA) is 123 Å². The second-order valence-electron chi connectivity index (χ2n) is 9.29. The van der Waals surface area contributed by atoms with Crippen molar-refractivity contribution in [2.24, 2.45) is 5.92 Å². The summed E-state index contributed by atoms with van der Waals surface area (Å²) in [5.41, 5.74) is 7.70. The van der Waals surface area contributed by atoms with Crippen LogP contribution >= 0.6 is 11.6 Å². The van der Waals surface area contributed by atoms with Gasteiger partial charge in [-0.2, -0.15) is 0 Å². The van der Waals surface area contributed by atoms with E-state index in [0.717, 1.165) is 38.0 Å². The number of piperidine rings is 1. The number of hydrogen-bond acceptors (Lipinski definition) is 8. The van der Waals surface area contributed by atoms with Gasteiger partial charge in [-0.05, 0) is 24.8 Å². The summed E-state index contributed by atoms with van der Waals surface area (Å²) in [6.07, 6.45) is 2.35. The molecular weight excluding hydrogens is 476 g/mol. The number of nitrogens with zero attached hydrogens (tertiary/aromatic N) is 2. The smallest absolute Gasteiger partial charge is 0.303 e. The minimum absolute atomic E-state index is 0.115. The van der Waals surface area contributed by atoms with E-state index in [2.05, 4.69) is 10.2 Å². The van der Waals surface area contributed by atoms with E-state index in [0.29, 0.717) is 67.2 Å². The molecule has 35 heavy (non-hydrogen) atoms. The molecule has 192 valence electrons. The Bertz CT molecular complexity index is 966. The predicted molar refractivity (Wildman–Crippen MR) is 130 cm³/mol. The van der Waals surface area contributed by atoms with Crippen LogP contribution in [0.3, 0.4) is 0 Å². The van der Waals surface area contributed by atoms with E-state index in [1.807, 2.05) is 0 Å². The molecule has 0 spiro atoms. The van der Waals surface area contributed by atoms with Gasteiger partial charge in [-0.15, -0.1) is 0 Å². The van der Waals surface area contributed by atoms with E-state index in [4.69, 9.17) is 31.5 Å². The summed E-state index contributed by atoms with van der Waals surface area (Å²) in [5, 5.41) is 3.32. The van der Waals surface area contributed by atoms with Gasteiger partial charge in [-0.3, -0.25) is 19.3 Å². The summed E-state index contributed by atoms with van der Waals surface area (Å²) in [6.45, 7) is 6.42. The second kappa shape index (κ2) is 11.5. The van der Waals surface area contributed by atoms with E-state index in [1.54, 1.807) is 11.0 Å². The van der Waals surface area contributed by atoms with Gasteiger partial charge in [0.1, 0.15) is 5.75 Å². The normalized spacial score (nSPS) is 20.7. The number of carbonyl (C=O) groups is 3. The van der Waals surface area contributed by atoms with E-state index < -0.39 is 5.97 Å². The molecule has 0 aromatic heterocycles. The summed E-state index contributed by atoms with van der Waals surface area (Å²) in [6, 6.07) is 1.56. The van der Waals surface area contributed by atoms with Crippen LogP contribution < -0.4 is 15.8 Å². The molecule has 0 saturated carbocycles. The average Bonchev–Trinajstić information content (AvgIpc) is 3.34. The number of nitrogen functional groups attached to an aromatic ring is 1. The maximum absolute atomic E-state index is 12.9. The predicted octanol–water partition coefficient (Wildman–Crippen LogP) is 1.09. The SMILES string of the molecule is CC(=O)OCC(=O)N1CCC(CN2CCOC(CNC(=O)c3cc(Cl)c(N)c4c3OCC4)C2)CC1. The van der Waals surface area contributed by atoms with Crippen molar-refractivity contribution in [1.82, 2.24) is 15.1 Å².